The summed E-state index contributed by atoms with van der Waals surface area (Å²) in [7, 11) is 0. The van der Waals surface area contributed by atoms with Crippen LogP contribution in [0, 0.1) is 4.64 Å². The first-order valence-electron chi connectivity index (χ1n) is 4.70. The largest absolute Gasteiger partial charge is 0.394 e. The fourth-order valence-corrected chi connectivity index (χ4v) is 1.41. The fourth-order valence-electron chi connectivity index (χ4n) is 1.13. The van der Waals surface area contributed by atoms with Gasteiger partial charge in [-0.1, -0.05) is 19.1 Å². The molecule has 1 rings (SSSR count). The summed E-state index contributed by atoms with van der Waals surface area (Å²) >= 11 is 4.98. The van der Waals surface area contributed by atoms with Gasteiger partial charge in [-0.05, 0) is 6.42 Å². The van der Waals surface area contributed by atoms with E-state index in [-0.39, 0.29) is 25.6 Å². The number of nitrogens with zero attached hydrogens (tertiary/aromatic N) is 1. The van der Waals surface area contributed by atoms with Crippen molar-refractivity contribution in [1.29, 1.82) is 0 Å². The number of nitrogens with one attached hydrogen (secondary N) is 1. The van der Waals surface area contributed by atoms with E-state index in [4.69, 9.17) is 22.1 Å². The van der Waals surface area contributed by atoms with Crippen molar-refractivity contribution in [2.75, 3.05) is 13.2 Å². The van der Waals surface area contributed by atoms with E-state index in [0.717, 1.165) is 12.0 Å². The Balaban J connectivity index is 2.88. The number of aliphatic hydroxyl groups is 1. The summed E-state index contributed by atoms with van der Waals surface area (Å²) in [5.41, 5.74) is 0.604. The van der Waals surface area contributed by atoms with Crippen LogP contribution in [0.2, 0.25) is 0 Å². The Morgan fingerprint density at radius 1 is 1.67 bits per heavy atom. The first-order chi connectivity index (χ1) is 7.19. The monoisotopic (exact) mass is 230 g/mol. The smallest absolute Gasteiger partial charge is 0.328 e. The van der Waals surface area contributed by atoms with Gasteiger partial charge in [-0.2, -0.15) is 0 Å². The first kappa shape index (κ1) is 12.1. The van der Waals surface area contributed by atoms with Gasteiger partial charge in [0.2, 0.25) is 0 Å². The third-order valence-electron chi connectivity index (χ3n) is 1.93. The van der Waals surface area contributed by atoms with Gasteiger partial charge >= 0.3 is 5.69 Å². The maximum Gasteiger partial charge on any atom is 0.328 e. The van der Waals surface area contributed by atoms with E-state index < -0.39 is 0 Å². The zero-order valence-electron chi connectivity index (χ0n) is 8.52. The summed E-state index contributed by atoms with van der Waals surface area (Å²) < 4.78 is 6.91. The molecule has 0 aromatic carbocycles. The number of rotatable bonds is 5. The number of hydrogen-bond donors (Lipinski definition) is 2. The molecule has 0 saturated carbocycles. The summed E-state index contributed by atoms with van der Waals surface area (Å²) in [6, 6.07) is 0. The van der Waals surface area contributed by atoms with Crippen molar-refractivity contribution in [2.45, 2.75) is 20.1 Å². The lowest BCUT2D eigenvalue weighted by Gasteiger charge is -2.07. The molecule has 1 aromatic rings. The Labute approximate surface area is 92.3 Å². The predicted molar refractivity (Wildman–Crippen MR) is 58.3 cm³/mol. The molecule has 0 atom stereocenters. The maximum absolute atomic E-state index is 11.4. The lowest BCUT2D eigenvalue weighted by molar-refractivity contribution is 0.0456. The molecule has 0 aliphatic rings. The topological polar surface area (TPSA) is 67.2 Å². The normalized spacial score (nSPS) is 10.5. The lowest BCUT2D eigenvalue weighted by atomic mass is 10.3. The van der Waals surface area contributed by atoms with Gasteiger partial charge in [0.15, 0.2) is 0 Å². The van der Waals surface area contributed by atoms with Crippen molar-refractivity contribution in [3.8, 4) is 0 Å². The molecule has 2 N–H and O–H groups in total. The SMILES string of the molecule is CCc1cn(COCCO)c(=O)[nH]c1=S. The first-order valence-corrected chi connectivity index (χ1v) is 5.11. The van der Waals surface area contributed by atoms with Crippen molar-refractivity contribution < 1.29 is 9.84 Å². The molecule has 5 nitrogen and oxygen atoms in total. The highest BCUT2D eigenvalue weighted by atomic mass is 32.1. The number of aryl methyl sites for hydroxylation is 1. The van der Waals surface area contributed by atoms with Crippen LogP contribution in [0.4, 0.5) is 0 Å². The predicted octanol–water partition coefficient (Wildman–Crippen LogP) is 0.435. The third kappa shape index (κ3) is 3.26. The second kappa shape index (κ2) is 5.79. The summed E-state index contributed by atoms with van der Waals surface area (Å²) in [4.78, 5) is 14.0. The number of aliphatic hydroxyl groups excluding tert-OH is 1. The van der Waals surface area contributed by atoms with Gasteiger partial charge in [-0.3, -0.25) is 9.55 Å². The number of hydrogen-bond acceptors (Lipinski definition) is 4. The van der Waals surface area contributed by atoms with Gasteiger partial charge in [-0.15, -0.1) is 0 Å². The van der Waals surface area contributed by atoms with E-state index in [2.05, 4.69) is 4.98 Å². The summed E-state index contributed by atoms with van der Waals surface area (Å²) in [6.45, 7) is 2.24. The molecule has 1 aromatic heterocycles. The van der Waals surface area contributed by atoms with Crippen LogP contribution >= 0.6 is 12.2 Å². The Morgan fingerprint density at radius 2 is 2.40 bits per heavy atom. The second-order valence-corrected chi connectivity index (χ2v) is 3.41. The lowest BCUT2D eigenvalue weighted by Crippen LogP contribution is -2.25. The zero-order valence-corrected chi connectivity index (χ0v) is 9.34. The third-order valence-corrected chi connectivity index (χ3v) is 2.30. The molecule has 0 aliphatic heterocycles. The van der Waals surface area contributed by atoms with Crippen LogP contribution < -0.4 is 5.69 Å². The van der Waals surface area contributed by atoms with E-state index in [1.54, 1.807) is 6.20 Å². The van der Waals surface area contributed by atoms with Gasteiger partial charge in [-0.25, -0.2) is 4.79 Å². The molecule has 6 heteroatoms. The molecule has 15 heavy (non-hydrogen) atoms. The van der Waals surface area contributed by atoms with Gasteiger partial charge < -0.3 is 9.84 Å². The minimum Gasteiger partial charge on any atom is -0.394 e. The van der Waals surface area contributed by atoms with Crippen molar-refractivity contribution in [3.05, 3.63) is 26.9 Å². The average Bonchev–Trinajstić information content (AvgIpc) is 2.21. The van der Waals surface area contributed by atoms with Gasteiger partial charge in [0, 0.05) is 11.8 Å². The summed E-state index contributed by atoms with van der Waals surface area (Å²) in [6.07, 6.45) is 2.44. The molecule has 0 aliphatic carbocycles. The van der Waals surface area contributed by atoms with E-state index >= 15 is 0 Å². The molecule has 0 bridgehead atoms. The molecule has 0 fully saturated rings. The van der Waals surface area contributed by atoms with E-state index in [9.17, 15) is 4.79 Å². The molecule has 0 amide bonds. The van der Waals surface area contributed by atoms with Crippen LogP contribution in [-0.4, -0.2) is 27.9 Å². The van der Waals surface area contributed by atoms with Crippen molar-refractivity contribution >= 4 is 12.2 Å². The summed E-state index contributed by atoms with van der Waals surface area (Å²) in [5, 5.41) is 8.52. The highest BCUT2D eigenvalue weighted by Gasteiger charge is 2.00. The minimum absolute atomic E-state index is 0.0573. The number of H-pyrrole nitrogens is 1. The van der Waals surface area contributed by atoms with Crippen LogP contribution in [0.25, 0.3) is 0 Å². The van der Waals surface area contributed by atoms with Gasteiger partial charge in [0.25, 0.3) is 0 Å². The van der Waals surface area contributed by atoms with E-state index in [0.29, 0.717) is 4.64 Å². The van der Waals surface area contributed by atoms with E-state index in [1.165, 1.54) is 4.57 Å². The second-order valence-electron chi connectivity index (χ2n) is 3.00. The Hall–Kier alpha value is -0.980. The molecule has 84 valence electrons. The van der Waals surface area contributed by atoms with Crippen LogP contribution in [-0.2, 0) is 17.9 Å². The molecule has 0 radical (unpaired) electrons. The molecule has 0 saturated heterocycles. The molecule has 1 heterocycles. The average molecular weight is 230 g/mol. The van der Waals surface area contributed by atoms with Crippen LogP contribution in [0.3, 0.4) is 0 Å². The standard InChI is InChI=1S/C9H14N2O3S/c1-2-7-5-11(6-14-4-3-12)9(13)10-8(7)15/h5,12H,2-4,6H2,1H3,(H,10,13,15). The molecule has 0 spiro atoms. The molecular weight excluding hydrogens is 216 g/mol. The van der Waals surface area contributed by atoms with Crippen LogP contribution in [0.1, 0.15) is 12.5 Å². The minimum atomic E-state index is -0.296. The Kier molecular flexibility index (Phi) is 4.67. The van der Waals surface area contributed by atoms with Crippen molar-refractivity contribution in [3.63, 3.8) is 0 Å². The quantitative estimate of drug-likeness (QED) is 0.569. The molecular formula is C9H14N2O3S. The number of ether oxygens (including phenoxy) is 1. The van der Waals surface area contributed by atoms with E-state index in [1.807, 2.05) is 6.92 Å². The van der Waals surface area contributed by atoms with Crippen molar-refractivity contribution in [1.82, 2.24) is 9.55 Å². The number of aromatic amines is 1. The van der Waals surface area contributed by atoms with Crippen molar-refractivity contribution in [2.24, 2.45) is 0 Å². The Morgan fingerprint density at radius 3 is 3.00 bits per heavy atom. The highest BCUT2D eigenvalue weighted by Crippen LogP contribution is 1.98. The Bertz CT molecular complexity index is 424. The van der Waals surface area contributed by atoms with Crippen LogP contribution in [0.5, 0.6) is 0 Å². The fraction of sp³-hybridized carbons (Fsp3) is 0.556. The van der Waals surface area contributed by atoms with Crippen LogP contribution in [0.15, 0.2) is 11.0 Å². The number of aromatic nitrogens is 2. The molecule has 0 unspecified atom stereocenters. The maximum atomic E-state index is 11.4. The zero-order chi connectivity index (χ0) is 11.3. The van der Waals surface area contributed by atoms with Gasteiger partial charge in [0.1, 0.15) is 11.4 Å². The summed E-state index contributed by atoms with van der Waals surface area (Å²) in [5.74, 6) is 0. The van der Waals surface area contributed by atoms with Gasteiger partial charge in [0.05, 0.1) is 13.2 Å². The highest BCUT2D eigenvalue weighted by molar-refractivity contribution is 7.71.